The summed E-state index contributed by atoms with van der Waals surface area (Å²) in [7, 11) is 1.59. The SMILES string of the molecule is COc1ccccc1N1CCC(n2cc(C(C)(C)O)nn2)C1=O. The van der Waals surface area contributed by atoms with Crippen molar-refractivity contribution < 1.29 is 14.6 Å². The summed E-state index contributed by atoms with van der Waals surface area (Å²) in [5.41, 5.74) is 0.119. The van der Waals surface area contributed by atoms with Crippen molar-refractivity contribution in [2.75, 3.05) is 18.6 Å². The van der Waals surface area contributed by atoms with Gasteiger partial charge in [-0.25, -0.2) is 4.68 Å². The van der Waals surface area contributed by atoms with Gasteiger partial charge in [-0.3, -0.25) is 4.79 Å². The number of anilines is 1. The third-order valence-electron chi connectivity index (χ3n) is 4.01. The minimum Gasteiger partial charge on any atom is -0.495 e. The molecule has 1 aliphatic heterocycles. The Morgan fingerprint density at radius 1 is 1.35 bits per heavy atom. The smallest absolute Gasteiger partial charge is 0.252 e. The highest BCUT2D eigenvalue weighted by Crippen LogP contribution is 2.34. The number of nitrogens with zero attached hydrogens (tertiary/aromatic N) is 4. The molecular weight excluding hydrogens is 296 g/mol. The number of carbonyl (C=O) groups is 1. The number of amides is 1. The Morgan fingerprint density at radius 2 is 2.09 bits per heavy atom. The molecule has 3 rings (SSSR count). The predicted octanol–water partition coefficient (Wildman–Crippen LogP) is 1.49. The number of methoxy groups -OCH3 is 1. The predicted molar refractivity (Wildman–Crippen MR) is 84.3 cm³/mol. The van der Waals surface area contributed by atoms with Crippen LogP contribution < -0.4 is 9.64 Å². The number of hydrogen-bond donors (Lipinski definition) is 1. The van der Waals surface area contributed by atoms with Gasteiger partial charge in [-0.1, -0.05) is 17.3 Å². The van der Waals surface area contributed by atoms with Crippen LogP contribution in [0.25, 0.3) is 0 Å². The maximum Gasteiger partial charge on any atom is 0.252 e. The van der Waals surface area contributed by atoms with Crippen LogP contribution in [0.1, 0.15) is 32.0 Å². The maximum absolute atomic E-state index is 12.8. The Kier molecular flexibility index (Phi) is 3.81. The fourth-order valence-electron chi connectivity index (χ4n) is 2.71. The van der Waals surface area contributed by atoms with Gasteiger partial charge in [0.15, 0.2) is 0 Å². The van der Waals surface area contributed by atoms with Crippen molar-refractivity contribution in [3.05, 3.63) is 36.2 Å². The zero-order valence-electron chi connectivity index (χ0n) is 13.4. The first kappa shape index (κ1) is 15.5. The van der Waals surface area contributed by atoms with Crippen LogP contribution in [0.3, 0.4) is 0 Å². The molecule has 1 fully saturated rings. The van der Waals surface area contributed by atoms with Crippen molar-refractivity contribution in [2.45, 2.75) is 31.9 Å². The van der Waals surface area contributed by atoms with Gasteiger partial charge in [0.05, 0.1) is 19.0 Å². The highest BCUT2D eigenvalue weighted by atomic mass is 16.5. The Labute approximate surface area is 134 Å². The van der Waals surface area contributed by atoms with Gasteiger partial charge in [-0.05, 0) is 32.4 Å². The summed E-state index contributed by atoms with van der Waals surface area (Å²) in [6.45, 7) is 3.86. The van der Waals surface area contributed by atoms with Crippen molar-refractivity contribution >= 4 is 11.6 Å². The molecule has 1 atom stereocenters. The Balaban J connectivity index is 1.86. The van der Waals surface area contributed by atoms with Crippen molar-refractivity contribution in [2.24, 2.45) is 0 Å². The van der Waals surface area contributed by atoms with E-state index in [2.05, 4.69) is 10.3 Å². The highest BCUT2D eigenvalue weighted by Gasteiger charge is 2.36. The number of para-hydroxylation sites is 2. The van der Waals surface area contributed by atoms with E-state index in [1.807, 2.05) is 24.3 Å². The lowest BCUT2D eigenvalue weighted by molar-refractivity contribution is -0.120. The first-order valence-corrected chi connectivity index (χ1v) is 7.51. The molecule has 0 spiro atoms. The van der Waals surface area contributed by atoms with Gasteiger partial charge >= 0.3 is 0 Å². The average molecular weight is 316 g/mol. The second kappa shape index (κ2) is 5.66. The molecule has 2 heterocycles. The van der Waals surface area contributed by atoms with E-state index in [0.29, 0.717) is 24.4 Å². The Morgan fingerprint density at radius 3 is 2.74 bits per heavy atom. The summed E-state index contributed by atoms with van der Waals surface area (Å²) >= 11 is 0. The molecule has 1 saturated heterocycles. The van der Waals surface area contributed by atoms with Gasteiger partial charge in [-0.2, -0.15) is 0 Å². The highest BCUT2D eigenvalue weighted by molar-refractivity contribution is 5.99. The minimum absolute atomic E-state index is 0.0540. The fraction of sp³-hybridized carbons (Fsp3) is 0.438. The molecule has 1 aromatic carbocycles. The second-order valence-electron chi connectivity index (χ2n) is 6.11. The lowest BCUT2D eigenvalue weighted by atomic mass is 10.1. The number of aliphatic hydroxyl groups is 1. The molecule has 2 aromatic rings. The molecule has 7 heteroatoms. The standard InChI is InChI=1S/C16H20N4O3/c1-16(2,22)14-10-20(18-17-14)12-8-9-19(15(12)21)11-6-4-5-7-13(11)23-3/h4-7,10,12,22H,8-9H2,1-3H3. The summed E-state index contributed by atoms with van der Waals surface area (Å²) in [6.07, 6.45) is 2.26. The zero-order valence-corrected chi connectivity index (χ0v) is 13.4. The largest absolute Gasteiger partial charge is 0.495 e. The lowest BCUT2D eigenvalue weighted by Gasteiger charge is -2.19. The molecule has 1 aliphatic rings. The van der Waals surface area contributed by atoms with Crippen LogP contribution in [0.2, 0.25) is 0 Å². The van der Waals surface area contributed by atoms with Crippen molar-refractivity contribution in [1.82, 2.24) is 15.0 Å². The Hall–Kier alpha value is -2.41. The molecule has 0 aliphatic carbocycles. The molecule has 0 radical (unpaired) electrons. The van der Waals surface area contributed by atoms with Crippen LogP contribution in [0.4, 0.5) is 5.69 Å². The maximum atomic E-state index is 12.8. The number of benzene rings is 1. The summed E-state index contributed by atoms with van der Waals surface area (Å²) in [5, 5.41) is 18.0. The van der Waals surface area contributed by atoms with Crippen LogP contribution in [0.15, 0.2) is 30.5 Å². The molecular formula is C16H20N4O3. The van der Waals surface area contributed by atoms with Crippen molar-refractivity contribution in [3.8, 4) is 5.75 Å². The Bertz CT molecular complexity index is 720. The summed E-state index contributed by atoms with van der Waals surface area (Å²) in [6, 6.07) is 7.03. The van der Waals surface area contributed by atoms with E-state index in [1.54, 1.807) is 32.1 Å². The molecule has 23 heavy (non-hydrogen) atoms. The van der Waals surface area contributed by atoms with Gasteiger partial charge in [0, 0.05) is 6.54 Å². The number of rotatable bonds is 4. The molecule has 0 saturated carbocycles. The third-order valence-corrected chi connectivity index (χ3v) is 4.01. The normalized spacial score (nSPS) is 18.5. The van der Waals surface area contributed by atoms with E-state index in [1.165, 1.54) is 4.68 Å². The van der Waals surface area contributed by atoms with Crippen molar-refractivity contribution in [3.63, 3.8) is 0 Å². The molecule has 122 valence electrons. The number of hydrogen-bond acceptors (Lipinski definition) is 5. The van der Waals surface area contributed by atoms with E-state index in [0.717, 1.165) is 5.69 Å². The van der Waals surface area contributed by atoms with Crippen LogP contribution in [0.5, 0.6) is 5.75 Å². The number of ether oxygens (including phenoxy) is 1. The van der Waals surface area contributed by atoms with Crippen molar-refractivity contribution in [1.29, 1.82) is 0 Å². The van der Waals surface area contributed by atoms with Gasteiger partial charge in [0.1, 0.15) is 23.1 Å². The van der Waals surface area contributed by atoms with E-state index < -0.39 is 11.6 Å². The quantitative estimate of drug-likeness (QED) is 0.924. The van der Waals surface area contributed by atoms with Gasteiger partial charge < -0.3 is 14.7 Å². The minimum atomic E-state index is -1.08. The second-order valence-corrected chi connectivity index (χ2v) is 6.11. The first-order chi connectivity index (χ1) is 10.9. The molecule has 1 amide bonds. The summed E-state index contributed by atoms with van der Waals surface area (Å²) in [5.74, 6) is 0.610. The van der Waals surface area contributed by atoms with Gasteiger partial charge in [0.25, 0.3) is 5.91 Å². The van der Waals surface area contributed by atoms with Crippen LogP contribution in [-0.4, -0.2) is 39.7 Å². The van der Waals surface area contributed by atoms with E-state index in [4.69, 9.17) is 4.74 Å². The van der Waals surface area contributed by atoms with Crippen LogP contribution in [0, 0.1) is 0 Å². The number of aromatic nitrogens is 3. The lowest BCUT2D eigenvalue weighted by Crippen LogP contribution is -2.28. The molecule has 7 nitrogen and oxygen atoms in total. The van der Waals surface area contributed by atoms with E-state index in [-0.39, 0.29) is 5.91 Å². The monoisotopic (exact) mass is 316 g/mol. The molecule has 1 aromatic heterocycles. The van der Waals surface area contributed by atoms with Gasteiger partial charge in [-0.15, -0.1) is 5.10 Å². The third kappa shape index (κ3) is 2.79. The fourth-order valence-corrected chi connectivity index (χ4v) is 2.71. The molecule has 0 bridgehead atoms. The first-order valence-electron chi connectivity index (χ1n) is 7.51. The summed E-state index contributed by atoms with van der Waals surface area (Å²) < 4.78 is 6.87. The van der Waals surface area contributed by atoms with Crippen LogP contribution in [-0.2, 0) is 10.4 Å². The van der Waals surface area contributed by atoms with E-state index >= 15 is 0 Å². The zero-order chi connectivity index (χ0) is 16.6. The average Bonchev–Trinajstić information content (AvgIpc) is 3.13. The molecule has 1 unspecified atom stereocenters. The van der Waals surface area contributed by atoms with Crippen LogP contribution >= 0.6 is 0 Å². The molecule has 1 N–H and O–H groups in total. The number of carbonyl (C=O) groups excluding carboxylic acids is 1. The van der Waals surface area contributed by atoms with Gasteiger partial charge in [0.2, 0.25) is 0 Å². The van der Waals surface area contributed by atoms with E-state index in [9.17, 15) is 9.90 Å². The summed E-state index contributed by atoms with van der Waals surface area (Å²) in [4.78, 5) is 14.5. The topological polar surface area (TPSA) is 80.5 Å².